The first-order chi connectivity index (χ1) is 8.31. The number of rotatable bonds is 4. The van der Waals surface area contributed by atoms with Gasteiger partial charge in [-0.05, 0) is 32.2 Å². The minimum Gasteiger partial charge on any atom is -0.408 e. The molecule has 0 radical (unpaired) electrons. The maximum Gasteiger partial charge on any atom is 0.322 e. The Bertz CT molecular complexity index is 407. The number of anilines is 1. The van der Waals surface area contributed by atoms with Crippen molar-refractivity contribution in [1.82, 2.24) is 15.5 Å². The van der Waals surface area contributed by atoms with Gasteiger partial charge in [-0.25, -0.2) is 0 Å². The van der Waals surface area contributed by atoms with Gasteiger partial charge in [-0.1, -0.05) is 5.10 Å². The lowest BCUT2D eigenvalue weighted by molar-refractivity contribution is -0.116. The van der Waals surface area contributed by atoms with Gasteiger partial charge < -0.3 is 9.73 Å². The number of nitrogens with zero attached hydrogens (tertiary/aromatic N) is 2. The predicted molar refractivity (Wildman–Crippen MR) is 60.5 cm³/mol. The van der Waals surface area contributed by atoms with Crippen molar-refractivity contribution in [2.75, 3.05) is 11.9 Å². The second-order valence-electron chi connectivity index (χ2n) is 4.77. The number of carbonyl (C=O) groups is 1. The Morgan fingerprint density at radius 1 is 1.41 bits per heavy atom. The summed E-state index contributed by atoms with van der Waals surface area (Å²) in [6.45, 7) is 1.00. The van der Waals surface area contributed by atoms with Crippen LogP contribution >= 0.6 is 0 Å². The molecule has 92 valence electrons. The molecule has 1 aliphatic heterocycles. The van der Waals surface area contributed by atoms with Crippen LogP contribution in [0, 0.1) is 0 Å². The molecule has 1 aliphatic carbocycles. The highest BCUT2D eigenvalue weighted by Crippen LogP contribution is 2.39. The molecule has 0 spiro atoms. The molecule has 6 nitrogen and oxygen atoms in total. The average molecular weight is 236 g/mol. The van der Waals surface area contributed by atoms with Crippen LogP contribution in [0.25, 0.3) is 0 Å². The van der Waals surface area contributed by atoms with Crippen molar-refractivity contribution < 1.29 is 9.21 Å². The van der Waals surface area contributed by atoms with Crippen molar-refractivity contribution >= 4 is 11.9 Å². The summed E-state index contributed by atoms with van der Waals surface area (Å²) < 4.78 is 5.37. The van der Waals surface area contributed by atoms with E-state index in [4.69, 9.17) is 4.42 Å². The number of hydrogen-bond acceptors (Lipinski definition) is 5. The minimum atomic E-state index is -0.0598. The fourth-order valence-corrected chi connectivity index (χ4v) is 2.11. The molecule has 1 aromatic heterocycles. The van der Waals surface area contributed by atoms with E-state index in [0.29, 0.717) is 24.3 Å². The molecule has 1 atom stereocenters. The Kier molecular flexibility index (Phi) is 2.80. The van der Waals surface area contributed by atoms with Crippen molar-refractivity contribution in [3.05, 3.63) is 5.89 Å². The number of nitrogens with one attached hydrogen (secondary N) is 2. The molecule has 6 heteroatoms. The van der Waals surface area contributed by atoms with E-state index in [-0.39, 0.29) is 11.9 Å². The molecule has 2 aliphatic rings. The zero-order valence-electron chi connectivity index (χ0n) is 9.61. The highest BCUT2D eigenvalue weighted by molar-refractivity contribution is 5.88. The van der Waals surface area contributed by atoms with Crippen molar-refractivity contribution in [1.29, 1.82) is 0 Å². The molecule has 3 rings (SSSR count). The van der Waals surface area contributed by atoms with Gasteiger partial charge in [-0.15, -0.1) is 5.10 Å². The number of aromatic nitrogens is 2. The van der Waals surface area contributed by atoms with Gasteiger partial charge in [0.1, 0.15) is 0 Å². The van der Waals surface area contributed by atoms with Crippen molar-refractivity contribution in [3.63, 3.8) is 0 Å². The maximum atomic E-state index is 11.7. The van der Waals surface area contributed by atoms with Gasteiger partial charge in [-0.3, -0.25) is 10.1 Å². The third kappa shape index (κ3) is 2.63. The van der Waals surface area contributed by atoms with Gasteiger partial charge in [0.2, 0.25) is 11.8 Å². The van der Waals surface area contributed by atoms with Gasteiger partial charge in [0.25, 0.3) is 0 Å². The molecule has 1 saturated carbocycles. The van der Waals surface area contributed by atoms with Crippen LogP contribution in [0.15, 0.2) is 4.42 Å². The normalized spacial score (nSPS) is 23.9. The topological polar surface area (TPSA) is 80.0 Å². The number of hydrogen-bond donors (Lipinski definition) is 2. The third-order valence-electron chi connectivity index (χ3n) is 3.21. The predicted octanol–water partition coefficient (Wildman–Crippen LogP) is 1.03. The molecule has 1 amide bonds. The van der Waals surface area contributed by atoms with Gasteiger partial charge in [-0.2, -0.15) is 0 Å². The van der Waals surface area contributed by atoms with Crippen molar-refractivity contribution in [2.45, 2.75) is 44.1 Å². The van der Waals surface area contributed by atoms with Crippen molar-refractivity contribution in [2.24, 2.45) is 0 Å². The molecule has 0 bridgehead atoms. The minimum absolute atomic E-state index is 0.0598. The number of amides is 1. The van der Waals surface area contributed by atoms with E-state index in [9.17, 15) is 4.79 Å². The molecule has 1 aromatic rings. The summed E-state index contributed by atoms with van der Waals surface area (Å²) in [6, 6.07) is 0.524. The summed E-state index contributed by atoms with van der Waals surface area (Å²) in [4.78, 5) is 11.7. The van der Waals surface area contributed by atoms with E-state index in [2.05, 4.69) is 20.8 Å². The Labute approximate surface area is 99.2 Å². The number of carbonyl (C=O) groups excluding carboxylic acids is 1. The molecular formula is C11H16N4O2. The van der Waals surface area contributed by atoms with Gasteiger partial charge >= 0.3 is 6.01 Å². The summed E-state index contributed by atoms with van der Waals surface area (Å²) in [6.07, 6.45) is 4.90. The van der Waals surface area contributed by atoms with E-state index in [1.807, 2.05) is 0 Å². The van der Waals surface area contributed by atoms with Crippen LogP contribution in [0.5, 0.6) is 0 Å². The first kappa shape index (κ1) is 10.7. The smallest absolute Gasteiger partial charge is 0.322 e. The van der Waals surface area contributed by atoms with E-state index in [1.165, 1.54) is 0 Å². The van der Waals surface area contributed by atoms with E-state index >= 15 is 0 Å². The van der Waals surface area contributed by atoms with Crippen molar-refractivity contribution in [3.8, 4) is 0 Å². The summed E-state index contributed by atoms with van der Waals surface area (Å²) in [5, 5.41) is 13.7. The Balaban J connectivity index is 1.52. The summed E-state index contributed by atoms with van der Waals surface area (Å²) in [5.74, 6) is 1.01. The molecule has 1 unspecified atom stereocenters. The van der Waals surface area contributed by atoms with Gasteiger partial charge in [0, 0.05) is 18.4 Å². The van der Waals surface area contributed by atoms with E-state index < -0.39 is 0 Å². The van der Waals surface area contributed by atoms with Crippen LogP contribution in [0.2, 0.25) is 0 Å². The summed E-state index contributed by atoms with van der Waals surface area (Å²) >= 11 is 0. The quantitative estimate of drug-likeness (QED) is 0.816. The first-order valence-electron chi connectivity index (χ1n) is 6.18. The molecule has 0 aromatic carbocycles. The van der Waals surface area contributed by atoms with Crippen LogP contribution in [0.1, 0.15) is 43.9 Å². The van der Waals surface area contributed by atoms with Crippen LogP contribution < -0.4 is 10.6 Å². The second kappa shape index (κ2) is 4.44. The standard InChI is InChI=1S/C11H16N4O2/c16-9(6-8-2-1-5-12-8)13-11-15-14-10(17-11)7-3-4-7/h7-8,12H,1-6H2,(H,13,15,16). The molecule has 1 saturated heterocycles. The zero-order valence-corrected chi connectivity index (χ0v) is 9.61. The lowest BCUT2D eigenvalue weighted by atomic mass is 10.1. The molecule has 2 heterocycles. The van der Waals surface area contributed by atoms with E-state index in [0.717, 1.165) is 32.2 Å². The highest BCUT2D eigenvalue weighted by atomic mass is 16.4. The first-order valence-corrected chi connectivity index (χ1v) is 6.18. The lowest BCUT2D eigenvalue weighted by Gasteiger charge is -2.07. The largest absolute Gasteiger partial charge is 0.408 e. The lowest BCUT2D eigenvalue weighted by Crippen LogP contribution is -2.27. The van der Waals surface area contributed by atoms with Crippen LogP contribution in [0.3, 0.4) is 0 Å². The summed E-state index contributed by atoms with van der Waals surface area (Å²) in [5.41, 5.74) is 0. The van der Waals surface area contributed by atoms with Crippen LogP contribution in [-0.2, 0) is 4.79 Å². The Hall–Kier alpha value is -1.43. The molecular weight excluding hydrogens is 220 g/mol. The van der Waals surface area contributed by atoms with Gasteiger partial charge in [0.15, 0.2) is 0 Å². The zero-order chi connectivity index (χ0) is 11.7. The Morgan fingerprint density at radius 2 is 2.29 bits per heavy atom. The molecule has 17 heavy (non-hydrogen) atoms. The SMILES string of the molecule is O=C(CC1CCCN1)Nc1nnc(C2CC2)o1. The average Bonchev–Trinajstić information content (AvgIpc) is 2.84. The molecule has 2 fully saturated rings. The third-order valence-corrected chi connectivity index (χ3v) is 3.21. The fraction of sp³-hybridized carbons (Fsp3) is 0.727. The molecule has 2 N–H and O–H groups in total. The maximum absolute atomic E-state index is 11.7. The van der Waals surface area contributed by atoms with Crippen LogP contribution in [-0.4, -0.2) is 28.7 Å². The summed E-state index contributed by atoms with van der Waals surface area (Å²) in [7, 11) is 0. The monoisotopic (exact) mass is 236 g/mol. The van der Waals surface area contributed by atoms with E-state index in [1.54, 1.807) is 0 Å². The second-order valence-corrected chi connectivity index (χ2v) is 4.77. The highest BCUT2D eigenvalue weighted by Gasteiger charge is 2.29. The van der Waals surface area contributed by atoms with Crippen LogP contribution in [0.4, 0.5) is 6.01 Å². The van der Waals surface area contributed by atoms with Gasteiger partial charge in [0.05, 0.1) is 0 Å². The fourth-order valence-electron chi connectivity index (χ4n) is 2.11. The Morgan fingerprint density at radius 3 is 3.00 bits per heavy atom.